The summed E-state index contributed by atoms with van der Waals surface area (Å²) in [6.07, 6.45) is -0.0571. The molecule has 21 heavy (non-hydrogen) atoms. The summed E-state index contributed by atoms with van der Waals surface area (Å²) in [5.74, 6) is -4.64. The fraction of sp³-hybridized carbons (Fsp3) is 0.500. The molecule has 0 fully saturated rings. The van der Waals surface area contributed by atoms with Crippen molar-refractivity contribution in [2.75, 3.05) is 0 Å². The van der Waals surface area contributed by atoms with Gasteiger partial charge in [0.2, 0.25) is 0 Å². The Bertz CT molecular complexity index is 503. The molecule has 3 nitrogen and oxygen atoms in total. The van der Waals surface area contributed by atoms with Gasteiger partial charge in [-0.05, 0) is 31.4 Å². The smallest absolute Gasteiger partial charge is 0.387 e. The van der Waals surface area contributed by atoms with Crippen LogP contribution in [-0.4, -0.2) is 18.7 Å². The van der Waals surface area contributed by atoms with Gasteiger partial charge in [-0.25, -0.2) is 13.6 Å². The fourth-order valence-corrected chi connectivity index (χ4v) is 1.86. The third-order valence-electron chi connectivity index (χ3n) is 2.59. The van der Waals surface area contributed by atoms with Crippen molar-refractivity contribution in [3.8, 4) is 5.75 Å². The van der Waals surface area contributed by atoms with Crippen molar-refractivity contribution in [3.63, 3.8) is 0 Å². The molecular weight excluding hydrogens is 292 g/mol. The van der Waals surface area contributed by atoms with Crippen LogP contribution in [0.2, 0.25) is 0 Å². The molecule has 0 aromatic heterocycles. The second kappa shape index (κ2) is 7.28. The summed E-state index contributed by atoms with van der Waals surface area (Å²) < 4.78 is 60.4. The Kier molecular flexibility index (Phi) is 5.99. The minimum Gasteiger partial charge on any atom is -0.459 e. The van der Waals surface area contributed by atoms with Gasteiger partial charge >= 0.3 is 12.6 Å². The largest absolute Gasteiger partial charge is 0.459 e. The number of hydrogen-bond acceptors (Lipinski definition) is 3. The number of benzene rings is 1. The van der Waals surface area contributed by atoms with E-state index in [9.17, 15) is 22.4 Å². The van der Waals surface area contributed by atoms with Gasteiger partial charge in [-0.1, -0.05) is 13.8 Å². The topological polar surface area (TPSA) is 35.5 Å². The van der Waals surface area contributed by atoms with E-state index in [1.54, 1.807) is 6.92 Å². The van der Waals surface area contributed by atoms with Gasteiger partial charge in [0.15, 0.2) is 11.6 Å². The molecule has 0 heterocycles. The molecule has 0 saturated carbocycles. The third-order valence-corrected chi connectivity index (χ3v) is 2.59. The number of halogens is 4. The molecule has 0 amide bonds. The molecule has 1 aromatic carbocycles. The Morgan fingerprint density at radius 3 is 2.33 bits per heavy atom. The zero-order chi connectivity index (χ0) is 16.2. The van der Waals surface area contributed by atoms with Crippen LogP contribution in [0.3, 0.4) is 0 Å². The molecule has 0 aliphatic heterocycles. The van der Waals surface area contributed by atoms with Gasteiger partial charge in [-0.2, -0.15) is 8.78 Å². The minimum absolute atomic E-state index is 0.219. The molecule has 0 spiro atoms. The van der Waals surface area contributed by atoms with E-state index in [2.05, 4.69) is 4.74 Å². The Morgan fingerprint density at radius 2 is 1.81 bits per heavy atom. The van der Waals surface area contributed by atoms with E-state index >= 15 is 0 Å². The average Bonchev–Trinajstić information content (AvgIpc) is 2.31. The van der Waals surface area contributed by atoms with Crippen molar-refractivity contribution >= 4 is 5.97 Å². The molecule has 118 valence electrons. The summed E-state index contributed by atoms with van der Waals surface area (Å²) in [5, 5.41) is 0. The van der Waals surface area contributed by atoms with E-state index in [-0.39, 0.29) is 5.92 Å². The van der Waals surface area contributed by atoms with Crippen LogP contribution in [-0.2, 0) is 4.74 Å². The monoisotopic (exact) mass is 308 g/mol. The highest BCUT2D eigenvalue weighted by Crippen LogP contribution is 2.26. The maximum atomic E-state index is 13.9. The number of alkyl halides is 2. The molecule has 0 saturated heterocycles. The lowest BCUT2D eigenvalue weighted by Crippen LogP contribution is -2.19. The standard InChI is InChI=1S/C14H16F4O3/c1-7(2)6-8(3)20-13(19)11-9(15)4-5-10(12(11)16)21-14(17)18/h4-5,7-8,14H,6H2,1-3H3/t8-/m0/s1. The van der Waals surface area contributed by atoms with Crippen LogP contribution < -0.4 is 4.74 Å². The molecule has 0 N–H and O–H groups in total. The SMILES string of the molecule is CC(C)C[C@H](C)OC(=O)c1c(F)ccc(OC(F)F)c1F. The van der Waals surface area contributed by atoms with Crippen LogP contribution in [0.15, 0.2) is 12.1 Å². The average molecular weight is 308 g/mol. The molecule has 1 aromatic rings. The van der Waals surface area contributed by atoms with Crippen LogP contribution in [0.4, 0.5) is 17.6 Å². The van der Waals surface area contributed by atoms with Gasteiger partial charge in [-0.3, -0.25) is 0 Å². The molecular formula is C14H16F4O3. The van der Waals surface area contributed by atoms with Crippen LogP contribution in [0, 0.1) is 17.6 Å². The third kappa shape index (κ3) is 4.91. The van der Waals surface area contributed by atoms with Gasteiger partial charge in [-0.15, -0.1) is 0 Å². The summed E-state index contributed by atoms with van der Waals surface area (Å²) in [5.41, 5.74) is -1.04. The number of hydrogen-bond donors (Lipinski definition) is 0. The summed E-state index contributed by atoms with van der Waals surface area (Å²) in [6, 6.07) is 1.36. The van der Waals surface area contributed by atoms with Crippen molar-refractivity contribution < 1.29 is 31.8 Å². The van der Waals surface area contributed by atoms with Crippen molar-refractivity contribution in [1.82, 2.24) is 0 Å². The number of rotatable bonds is 6. The van der Waals surface area contributed by atoms with Crippen LogP contribution in [0.5, 0.6) is 5.75 Å². The second-order valence-corrected chi connectivity index (χ2v) is 4.96. The normalized spacial score (nSPS) is 12.6. The van der Waals surface area contributed by atoms with E-state index in [1.807, 2.05) is 13.8 Å². The van der Waals surface area contributed by atoms with Crippen LogP contribution >= 0.6 is 0 Å². The molecule has 1 rings (SSSR count). The summed E-state index contributed by atoms with van der Waals surface area (Å²) in [4.78, 5) is 11.8. The van der Waals surface area contributed by atoms with Crippen molar-refractivity contribution in [2.45, 2.75) is 39.9 Å². The minimum atomic E-state index is -3.28. The van der Waals surface area contributed by atoms with Crippen LogP contribution in [0.1, 0.15) is 37.6 Å². The Labute approximate surface area is 119 Å². The molecule has 1 atom stereocenters. The molecule has 0 bridgehead atoms. The Morgan fingerprint density at radius 1 is 1.19 bits per heavy atom. The van der Waals surface area contributed by atoms with E-state index in [0.717, 1.165) is 0 Å². The quantitative estimate of drug-likeness (QED) is 0.585. The van der Waals surface area contributed by atoms with Gasteiger partial charge < -0.3 is 9.47 Å². The number of carbonyl (C=O) groups excluding carboxylic acids is 1. The van der Waals surface area contributed by atoms with Crippen molar-refractivity contribution in [2.24, 2.45) is 5.92 Å². The lowest BCUT2D eigenvalue weighted by Gasteiger charge is -2.16. The maximum Gasteiger partial charge on any atom is 0.387 e. The van der Waals surface area contributed by atoms with Crippen molar-refractivity contribution in [3.05, 3.63) is 29.3 Å². The highest BCUT2D eigenvalue weighted by atomic mass is 19.3. The van der Waals surface area contributed by atoms with E-state index in [4.69, 9.17) is 4.74 Å². The molecule has 0 aliphatic carbocycles. The lowest BCUT2D eigenvalue weighted by atomic mass is 10.1. The zero-order valence-corrected chi connectivity index (χ0v) is 11.8. The molecule has 7 heteroatoms. The highest BCUT2D eigenvalue weighted by molar-refractivity contribution is 5.90. The summed E-state index contributed by atoms with van der Waals surface area (Å²) in [6.45, 7) is 2.08. The maximum absolute atomic E-state index is 13.9. The predicted octanol–water partition coefficient (Wildman–Crippen LogP) is 4.16. The number of esters is 1. The van der Waals surface area contributed by atoms with Gasteiger partial charge in [0.25, 0.3) is 0 Å². The van der Waals surface area contributed by atoms with E-state index < -0.39 is 41.6 Å². The summed E-state index contributed by atoms with van der Waals surface area (Å²) >= 11 is 0. The zero-order valence-electron chi connectivity index (χ0n) is 11.8. The predicted molar refractivity (Wildman–Crippen MR) is 67.3 cm³/mol. The van der Waals surface area contributed by atoms with Gasteiger partial charge in [0.05, 0.1) is 6.10 Å². The second-order valence-electron chi connectivity index (χ2n) is 4.96. The van der Waals surface area contributed by atoms with Crippen molar-refractivity contribution in [1.29, 1.82) is 0 Å². The lowest BCUT2D eigenvalue weighted by molar-refractivity contribution is -0.0524. The van der Waals surface area contributed by atoms with Gasteiger partial charge in [0, 0.05) is 0 Å². The number of ether oxygens (including phenoxy) is 2. The van der Waals surface area contributed by atoms with E-state index in [1.165, 1.54) is 0 Å². The Hall–Kier alpha value is -1.79. The van der Waals surface area contributed by atoms with E-state index in [0.29, 0.717) is 18.6 Å². The van der Waals surface area contributed by atoms with Crippen LogP contribution in [0.25, 0.3) is 0 Å². The molecule has 0 unspecified atom stereocenters. The Balaban J connectivity index is 2.97. The molecule has 0 aliphatic rings. The first-order valence-corrected chi connectivity index (χ1v) is 6.36. The first-order chi connectivity index (χ1) is 9.72. The van der Waals surface area contributed by atoms with Gasteiger partial charge in [0.1, 0.15) is 11.4 Å². The molecule has 0 radical (unpaired) electrons. The fourth-order valence-electron chi connectivity index (χ4n) is 1.86. The first kappa shape index (κ1) is 17.3. The highest BCUT2D eigenvalue weighted by Gasteiger charge is 2.25. The number of carbonyl (C=O) groups is 1. The summed E-state index contributed by atoms with van der Waals surface area (Å²) in [7, 11) is 0. The first-order valence-electron chi connectivity index (χ1n) is 6.36.